The standard InChI is InChI=1S/C17H21ClN2/c1-2-20(14-7-3-4-8-14)17-16-10-6-5-9-15(16)13(11-18)12-19-17/h5-6,9-10,12,14H,2-4,7-8,11H2,1H3. The average Bonchev–Trinajstić information content (AvgIpc) is 3.02. The van der Waals surface area contributed by atoms with Crippen molar-refractivity contribution in [2.45, 2.75) is 44.5 Å². The number of hydrogen-bond donors (Lipinski definition) is 0. The van der Waals surface area contributed by atoms with Crippen LogP contribution in [0, 0.1) is 0 Å². The van der Waals surface area contributed by atoms with E-state index in [-0.39, 0.29) is 0 Å². The minimum absolute atomic E-state index is 0.517. The minimum Gasteiger partial charge on any atom is -0.353 e. The largest absolute Gasteiger partial charge is 0.353 e. The summed E-state index contributed by atoms with van der Waals surface area (Å²) in [4.78, 5) is 7.21. The fraction of sp³-hybridized carbons (Fsp3) is 0.471. The van der Waals surface area contributed by atoms with Crippen LogP contribution in [0.2, 0.25) is 0 Å². The maximum Gasteiger partial charge on any atom is 0.136 e. The molecule has 1 saturated carbocycles. The van der Waals surface area contributed by atoms with Crippen LogP contribution in [-0.2, 0) is 5.88 Å². The van der Waals surface area contributed by atoms with Crippen molar-refractivity contribution in [3.63, 3.8) is 0 Å². The molecule has 1 aromatic carbocycles. The highest BCUT2D eigenvalue weighted by Gasteiger charge is 2.24. The molecule has 0 amide bonds. The van der Waals surface area contributed by atoms with Gasteiger partial charge in [0.2, 0.25) is 0 Å². The number of fused-ring (bicyclic) bond motifs is 1. The molecule has 1 aromatic heterocycles. The first kappa shape index (κ1) is 13.7. The highest BCUT2D eigenvalue weighted by atomic mass is 35.5. The SMILES string of the molecule is CCN(c1ncc(CCl)c2ccccc12)C1CCCC1. The Morgan fingerprint density at radius 1 is 1.20 bits per heavy atom. The summed E-state index contributed by atoms with van der Waals surface area (Å²) in [6.07, 6.45) is 7.22. The predicted octanol–water partition coefficient (Wildman–Crippen LogP) is 4.74. The first-order valence-corrected chi connectivity index (χ1v) is 8.07. The van der Waals surface area contributed by atoms with Crippen molar-refractivity contribution in [1.82, 2.24) is 4.98 Å². The van der Waals surface area contributed by atoms with Crippen LogP contribution in [-0.4, -0.2) is 17.6 Å². The summed E-state index contributed by atoms with van der Waals surface area (Å²) in [6, 6.07) is 9.14. The molecule has 2 aromatic rings. The molecule has 0 spiro atoms. The van der Waals surface area contributed by atoms with Gasteiger partial charge in [0.05, 0.1) is 0 Å². The van der Waals surface area contributed by atoms with E-state index in [0.717, 1.165) is 17.9 Å². The number of aromatic nitrogens is 1. The van der Waals surface area contributed by atoms with Crippen LogP contribution in [0.5, 0.6) is 0 Å². The second-order valence-corrected chi connectivity index (χ2v) is 5.78. The molecule has 3 rings (SSSR count). The Hall–Kier alpha value is -1.28. The molecule has 1 aliphatic rings. The summed E-state index contributed by atoms with van der Waals surface area (Å²) in [5.74, 6) is 1.65. The van der Waals surface area contributed by atoms with Crippen molar-refractivity contribution < 1.29 is 0 Å². The molecule has 0 unspecified atom stereocenters. The van der Waals surface area contributed by atoms with Gasteiger partial charge in [-0.2, -0.15) is 0 Å². The van der Waals surface area contributed by atoms with Crippen LogP contribution in [0.15, 0.2) is 30.5 Å². The lowest BCUT2D eigenvalue weighted by atomic mass is 10.1. The second-order valence-electron chi connectivity index (χ2n) is 5.51. The van der Waals surface area contributed by atoms with Crippen LogP contribution in [0.25, 0.3) is 10.8 Å². The maximum atomic E-state index is 6.05. The third-order valence-electron chi connectivity index (χ3n) is 4.38. The van der Waals surface area contributed by atoms with E-state index >= 15 is 0 Å². The third kappa shape index (κ3) is 2.37. The summed E-state index contributed by atoms with van der Waals surface area (Å²) in [6.45, 7) is 3.24. The lowest BCUT2D eigenvalue weighted by molar-refractivity contribution is 0.615. The van der Waals surface area contributed by atoms with Crippen molar-refractivity contribution in [2.24, 2.45) is 0 Å². The number of rotatable bonds is 4. The van der Waals surface area contributed by atoms with Gasteiger partial charge in [0.1, 0.15) is 5.82 Å². The number of pyridine rings is 1. The van der Waals surface area contributed by atoms with E-state index in [9.17, 15) is 0 Å². The molecule has 0 bridgehead atoms. The van der Waals surface area contributed by atoms with Gasteiger partial charge in [0.25, 0.3) is 0 Å². The Bertz CT molecular complexity index is 591. The topological polar surface area (TPSA) is 16.1 Å². The van der Waals surface area contributed by atoms with Gasteiger partial charge in [-0.25, -0.2) is 4.98 Å². The number of nitrogens with zero attached hydrogens (tertiary/aromatic N) is 2. The maximum absolute atomic E-state index is 6.05. The fourth-order valence-electron chi connectivity index (χ4n) is 3.37. The van der Waals surface area contributed by atoms with Gasteiger partial charge < -0.3 is 4.90 Å². The van der Waals surface area contributed by atoms with Crippen LogP contribution in [0.4, 0.5) is 5.82 Å². The molecule has 0 N–H and O–H groups in total. The van der Waals surface area contributed by atoms with E-state index in [1.807, 2.05) is 6.20 Å². The van der Waals surface area contributed by atoms with Crippen LogP contribution in [0.3, 0.4) is 0 Å². The van der Waals surface area contributed by atoms with E-state index in [1.54, 1.807) is 0 Å². The summed E-state index contributed by atoms with van der Waals surface area (Å²) in [5.41, 5.74) is 1.12. The summed E-state index contributed by atoms with van der Waals surface area (Å²) < 4.78 is 0. The van der Waals surface area contributed by atoms with Gasteiger partial charge in [0.15, 0.2) is 0 Å². The third-order valence-corrected chi connectivity index (χ3v) is 4.67. The first-order valence-electron chi connectivity index (χ1n) is 7.54. The Morgan fingerprint density at radius 3 is 2.55 bits per heavy atom. The van der Waals surface area contributed by atoms with Gasteiger partial charge in [-0.05, 0) is 30.7 Å². The van der Waals surface area contributed by atoms with Gasteiger partial charge in [-0.1, -0.05) is 37.1 Å². The van der Waals surface area contributed by atoms with Crippen molar-refractivity contribution in [2.75, 3.05) is 11.4 Å². The van der Waals surface area contributed by atoms with Crippen molar-refractivity contribution in [3.05, 3.63) is 36.0 Å². The van der Waals surface area contributed by atoms with E-state index < -0.39 is 0 Å². The molecule has 3 heteroatoms. The molecule has 0 aliphatic heterocycles. The molecule has 0 atom stereocenters. The second kappa shape index (κ2) is 6.01. The molecule has 0 saturated heterocycles. The zero-order valence-electron chi connectivity index (χ0n) is 12.0. The smallest absolute Gasteiger partial charge is 0.136 e. The number of benzene rings is 1. The number of hydrogen-bond acceptors (Lipinski definition) is 2. The number of anilines is 1. The molecular weight excluding hydrogens is 268 g/mol. The first-order chi connectivity index (χ1) is 9.85. The Labute approximate surface area is 125 Å². The molecule has 20 heavy (non-hydrogen) atoms. The molecule has 1 fully saturated rings. The summed E-state index contributed by atoms with van der Waals surface area (Å²) >= 11 is 6.05. The normalized spacial score (nSPS) is 15.9. The fourth-order valence-corrected chi connectivity index (χ4v) is 3.58. The molecule has 1 heterocycles. The number of halogens is 1. The van der Waals surface area contributed by atoms with E-state index in [4.69, 9.17) is 16.6 Å². The lowest BCUT2D eigenvalue weighted by Gasteiger charge is -2.30. The quantitative estimate of drug-likeness (QED) is 0.755. The minimum atomic E-state index is 0.517. The van der Waals surface area contributed by atoms with Crippen LogP contribution >= 0.6 is 11.6 Å². The molecule has 0 radical (unpaired) electrons. The zero-order chi connectivity index (χ0) is 13.9. The van der Waals surface area contributed by atoms with Crippen molar-refractivity contribution in [3.8, 4) is 0 Å². The predicted molar refractivity (Wildman–Crippen MR) is 86.6 cm³/mol. The Balaban J connectivity index is 2.10. The Morgan fingerprint density at radius 2 is 1.90 bits per heavy atom. The van der Waals surface area contributed by atoms with Crippen LogP contribution in [0.1, 0.15) is 38.2 Å². The molecule has 106 valence electrons. The van der Waals surface area contributed by atoms with E-state index in [1.165, 1.54) is 36.5 Å². The summed E-state index contributed by atoms with van der Waals surface area (Å²) in [7, 11) is 0. The van der Waals surface area contributed by atoms with Crippen molar-refractivity contribution in [1.29, 1.82) is 0 Å². The van der Waals surface area contributed by atoms with Crippen molar-refractivity contribution >= 4 is 28.2 Å². The lowest BCUT2D eigenvalue weighted by Crippen LogP contribution is -2.33. The zero-order valence-corrected chi connectivity index (χ0v) is 12.7. The van der Waals surface area contributed by atoms with Gasteiger partial charge in [0, 0.05) is 30.0 Å². The summed E-state index contributed by atoms with van der Waals surface area (Å²) in [5, 5.41) is 2.48. The van der Waals surface area contributed by atoms with Gasteiger partial charge in [-0.15, -0.1) is 11.6 Å². The highest BCUT2D eigenvalue weighted by molar-refractivity contribution is 6.18. The highest BCUT2D eigenvalue weighted by Crippen LogP contribution is 2.33. The van der Waals surface area contributed by atoms with Gasteiger partial charge >= 0.3 is 0 Å². The van der Waals surface area contributed by atoms with E-state index in [0.29, 0.717) is 11.9 Å². The molecular formula is C17H21ClN2. The average molecular weight is 289 g/mol. The van der Waals surface area contributed by atoms with E-state index in [2.05, 4.69) is 36.1 Å². The van der Waals surface area contributed by atoms with Crippen LogP contribution < -0.4 is 4.90 Å². The molecule has 2 nitrogen and oxygen atoms in total. The molecule has 1 aliphatic carbocycles. The monoisotopic (exact) mass is 288 g/mol. The van der Waals surface area contributed by atoms with Gasteiger partial charge in [-0.3, -0.25) is 0 Å². The number of alkyl halides is 1. The Kier molecular flexibility index (Phi) is 4.11.